The van der Waals surface area contributed by atoms with Gasteiger partial charge in [-0.25, -0.2) is 14.8 Å². The minimum absolute atomic E-state index is 0.0826. The molecule has 1 aromatic heterocycles. The van der Waals surface area contributed by atoms with Gasteiger partial charge >= 0.3 is 6.03 Å². The molecule has 1 saturated heterocycles. The van der Waals surface area contributed by atoms with Gasteiger partial charge in [-0.15, -0.1) is 0 Å². The van der Waals surface area contributed by atoms with Gasteiger partial charge in [-0.2, -0.15) is 10.5 Å². The lowest BCUT2D eigenvalue weighted by molar-refractivity contribution is 0.0411. The van der Waals surface area contributed by atoms with Crippen molar-refractivity contribution in [2.45, 2.75) is 56.0 Å². The van der Waals surface area contributed by atoms with Gasteiger partial charge in [-0.1, -0.05) is 36.8 Å². The summed E-state index contributed by atoms with van der Waals surface area (Å²) in [5, 5.41) is 22.5. The Labute approximate surface area is 200 Å². The third-order valence-electron chi connectivity index (χ3n) is 8.38. The van der Waals surface area contributed by atoms with E-state index < -0.39 is 5.41 Å². The molecule has 1 N–H and O–H groups in total. The third kappa shape index (κ3) is 3.50. The van der Waals surface area contributed by atoms with Crippen molar-refractivity contribution in [3.05, 3.63) is 54.1 Å². The van der Waals surface area contributed by atoms with Crippen LogP contribution in [0.3, 0.4) is 0 Å². The average Bonchev–Trinajstić information content (AvgIpc) is 3.13. The lowest BCUT2D eigenvalue weighted by Gasteiger charge is -2.50. The minimum Gasteiger partial charge on any atom is -0.315 e. The van der Waals surface area contributed by atoms with E-state index in [1.165, 1.54) is 5.56 Å². The summed E-state index contributed by atoms with van der Waals surface area (Å²) in [6.07, 6.45) is 9.29. The zero-order valence-electron chi connectivity index (χ0n) is 19.5. The second-order valence-electron chi connectivity index (χ2n) is 10.00. The quantitative estimate of drug-likeness (QED) is 0.736. The fraction of sp³-hybridized carbons (Fsp3) is 0.500. The van der Waals surface area contributed by atoms with Crippen LogP contribution in [-0.4, -0.2) is 46.6 Å². The first kappa shape index (κ1) is 22.3. The van der Waals surface area contributed by atoms with Gasteiger partial charge in [0.1, 0.15) is 6.07 Å². The Morgan fingerprint density at radius 1 is 1.03 bits per heavy atom. The number of urea groups is 1. The number of carbonyl (C=O) groups is 1. The van der Waals surface area contributed by atoms with Gasteiger partial charge in [-0.05, 0) is 51.1 Å². The van der Waals surface area contributed by atoms with Gasteiger partial charge in [0.25, 0.3) is 0 Å². The van der Waals surface area contributed by atoms with Crippen LogP contribution in [0.5, 0.6) is 0 Å². The number of nitriles is 2. The fourth-order valence-electron chi connectivity index (χ4n) is 5.97. The normalized spacial score (nSPS) is 27.8. The number of hydrogen-bond acceptors (Lipinski definition) is 6. The van der Waals surface area contributed by atoms with Crippen LogP contribution in [0.15, 0.2) is 42.7 Å². The highest BCUT2D eigenvalue weighted by Gasteiger charge is 2.56. The van der Waals surface area contributed by atoms with Gasteiger partial charge in [-0.3, -0.25) is 4.90 Å². The smallest absolute Gasteiger partial charge is 0.315 e. The zero-order valence-corrected chi connectivity index (χ0v) is 19.5. The number of amides is 2. The Balaban J connectivity index is 1.46. The maximum absolute atomic E-state index is 13.8. The molecule has 1 spiro atoms. The molecule has 2 amide bonds. The summed E-state index contributed by atoms with van der Waals surface area (Å²) in [6.45, 7) is 1.01. The van der Waals surface area contributed by atoms with E-state index in [1.54, 1.807) is 17.3 Å². The minimum atomic E-state index is -0.448. The Hall–Kier alpha value is -3.49. The predicted octanol–water partition coefficient (Wildman–Crippen LogP) is 3.71. The van der Waals surface area contributed by atoms with Crippen LogP contribution in [0.25, 0.3) is 0 Å². The molecule has 2 aliphatic carbocycles. The molecule has 2 heterocycles. The van der Waals surface area contributed by atoms with Gasteiger partial charge in [0.05, 0.1) is 41.6 Å². The molecule has 2 saturated carbocycles. The molecule has 8 heteroatoms. The number of nitrogens with zero attached hydrogens (tertiary/aromatic N) is 6. The van der Waals surface area contributed by atoms with Crippen molar-refractivity contribution >= 4 is 11.7 Å². The van der Waals surface area contributed by atoms with Crippen LogP contribution in [0.4, 0.5) is 10.5 Å². The highest BCUT2D eigenvalue weighted by Crippen LogP contribution is 2.50. The van der Waals surface area contributed by atoms with Crippen molar-refractivity contribution in [3.8, 4) is 12.1 Å². The van der Waals surface area contributed by atoms with Crippen LogP contribution < -0.4 is 10.2 Å². The summed E-state index contributed by atoms with van der Waals surface area (Å²) in [7, 11) is 2.02. The number of rotatable bonds is 5. The molecule has 34 heavy (non-hydrogen) atoms. The molecule has 1 aliphatic heterocycles. The summed E-state index contributed by atoms with van der Waals surface area (Å²) in [4.78, 5) is 25.7. The lowest BCUT2D eigenvalue weighted by atomic mass is 9.66. The standard InChI is InChI=1S/C26H29N7O/c1-29-26(20-6-3-2-4-7-20)12-10-25(11-13-26)19-32(21-15-30-22(14-27)31-16-21)23(34)33(25)18-24(17-28)8-5-9-24/h2-4,6-7,15-16,29H,5,8-13,18-19H2,1H3/t25-,26+. The summed E-state index contributed by atoms with van der Waals surface area (Å²) >= 11 is 0. The summed E-state index contributed by atoms with van der Waals surface area (Å²) in [6, 6.07) is 14.9. The highest BCUT2D eigenvalue weighted by atomic mass is 16.2. The first-order valence-corrected chi connectivity index (χ1v) is 12.0. The third-order valence-corrected chi connectivity index (χ3v) is 8.38. The van der Waals surface area contributed by atoms with Crippen molar-refractivity contribution in [2.24, 2.45) is 5.41 Å². The molecular weight excluding hydrogens is 426 g/mol. The Kier molecular flexibility index (Phi) is 5.50. The van der Waals surface area contributed by atoms with E-state index in [-0.39, 0.29) is 22.9 Å². The average molecular weight is 456 g/mol. The second-order valence-corrected chi connectivity index (χ2v) is 10.00. The number of carbonyl (C=O) groups excluding carboxylic acids is 1. The first-order valence-electron chi connectivity index (χ1n) is 12.0. The Bertz CT molecular complexity index is 1140. The van der Waals surface area contributed by atoms with Crippen molar-refractivity contribution in [3.63, 3.8) is 0 Å². The van der Waals surface area contributed by atoms with Gasteiger partial charge in [0.2, 0.25) is 5.82 Å². The highest BCUT2D eigenvalue weighted by molar-refractivity contribution is 5.95. The van der Waals surface area contributed by atoms with Gasteiger partial charge in [0.15, 0.2) is 0 Å². The molecule has 0 radical (unpaired) electrons. The van der Waals surface area contributed by atoms with Crippen LogP contribution >= 0.6 is 0 Å². The molecule has 1 aromatic carbocycles. The van der Waals surface area contributed by atoms with Crippen molar-refractivity contribution in [1.29, 1.82) is 10.5 Å². The molecule has 0 unspecified atom stereocenters. The molecule has 8 nitrogen and oxygen atoms in total. The first-order chi connectivity index (χ1) is 16.5. The van der Waals surface area contributed by atoms with Crippen molar-refractivity contribution in [2.75, 3.05) is 25.0 Å². The predicted molar refractivity (Wildman–Crippen MR) is 126 cm³/mol. The van der Waals surface area contributed by atoms with E-state index in [2.05, 4.69) is 45.6 Å². The van der Waals surface area contributed by atoms with Crippen LogP contribution in [0.1, 0.15) is 56.3 Å². The van der Waals surface area contributed by atoms with E-state index in [0.717, 1.165) is 44.9 Å². The molecule has 174 valence electrons. The summed E-state index contributed by atoms with van der Waals surface area (Å²) in [5.41, 5.74) is 0.943. The van der Waals surface area contributed by atoms with Gasteiger partial charge < -0.3 is 10.2 Å². The molecular formula is C26H29N7O. The summed E-state index contributed by atoms with van der Waals surface area (Å²) < 4.78 is 0. The summed E-state index contributed by atoms with van der Waals surface area (Å²) in [5.74, 6) is 0.0826. The van der Waals surface area contributed by atoms with Gasteiger partial charge in [0, 0.05) is 12.1 Å². The van der Waals surface area contributed by atoms with E-state index in [4.69, 9.17) is 5.26 Å². The van der Waals surface area contributed by atoms with E-state index in [1.807, 2.05) is 24.1 Å². The second kappa shape index (κ2) is 8.38. The SMILES string of the molecule is CN[C@]1(c2ccccc2)CC[C@]2(CC1)CN(c1cnc(C#N)nc1)C(=O)N2CC1(C#N)CCC1. The Morgan fingerprint density at radius 3 is 2.24 bits per heavy atom. The molecule has 3 aliphatic rings. The molecule has 0 bridgehead atoms. The molecule has 5 rings (SSSR count). The lowest BCUT2D eigenvalue weighted by Crippen LogP contribution is -2.57. The maximum Gasteiger partial charge on any atom is 0.325 e. The zero-order chi connectivity index (χ0) is 23.8. The maximum atomic E-state index is 13.8. The van der Waals surface area contributed by atoms with Crippen molar-refractivity contribution < 1.29 is 4.79 Å². The van der Waals surface area contributed by atoms with Crippen molar-refractivity contribution in [1.82, 2.24) is 20.2 Å². The Morgan fingerprint density at radius 2 is 1.71 bits per heavy atom. The fourth-order valence-corrected chi connectivity index (χ4v) is 5.97. The monoisotopic (exact) mass is 455 g/mol. The topological polar surface area (TPSA) is 109 Å². The molecule has 3 fully saturated rings. The van der Waals surface area contributed by atoms with Crippen LogP contribution in [-0.2, 0) is 5.54 Å². The van der Waals surface area contributed by atoms with Crippen LogP contribution in [0, 0.1) is 28.1 Å². The number of aromatic nitrogens is 2. The van der Waals surface area contributed by atoms with E-state index in [0.29, 0.717) is 18.8 Å². The largest absolute Gasteiger partial charge is 0.325 e. The molecule has 0 atom stereocenters. The number of anilines is 1. The molecule has 2 aromatic rings. The number of benzene rings is 1. The van der Waals surface area contributed by atoms with Crippen LogP contribution in [0.2, 0.25) is 0 Å². The number of hydrogen-bond donors (Lipinski definition) is 1. The van der Waals surface area contributed by atoms with E-state index >= 15 is 0 Å². The van der Waals surface area contributed by atoms with E-state index in [9.17, 15) is 10.1 Å². The number of nitrogens with one attached hydrogen (secondary N) is 1.